The van der Waals surface area contributed by atoms with Crippen molar-refractivity contribution in [1.82, 2.24) is 9.80 Å². The molecule has 144 valence electrons. The second-order valence-electron chi connectivity index (χ2n) is 7.66. The van der Waals surface area contributed by atoms with Crippen molar-refractivity contribution in [3.63, 3.8) is 0 Å². The van der Waals surface area contributed by atoms with Crippen LogP contribution in [0.15, 0.2) is 60.8 Å². The summed E-state index contributed by atoms with van der Waals surface area (Å²) in [5, 5.41) is 0. The fourth-order valence-electron chi connectivity index (χ4n) is 4.40. The van der Waals surface area contributed by atoms with E-state index in [1.807, 2.05) is 47.5 Å². The highest BCUT2D eigenvalue weighted by Crippen LogP contribution is 2.34. The van der Waals surface area contributed by atoms with Crippen LogP contribution >= 0.6 is 0 Å². The average molecular weight is 374 g/mol. The number of nitrogens with zero attached hydrogens (tertiary/aromatic N) is 2. The lowest BCUT2D eigenvalue weighted by molar-refractivity contribution is -0.135. The number of amides is 2. The molecular weight excluding hydrogens is 348 g/mol. The average Bonchev–Trinajstić information content (AvgIpc) is 2.74. The van der Waals surface area contributed by atoms with Gasteiger partial charge < -0.3 is 9.80 Å². The quantitative estimate of drug-likeness (QED) is 0.801. The van der Waals surface area contributed by atoms with Gasteiger partial charge in [0.1, 0.15) is 0 Å². The molecule has 1 unspecified atom stereocenters. The highest BCUT2D eigenvalue weighted by Gasteiger charge is 2.31. The van der Waals surface area contributed by atoms with E-state index in [1.165, 1.54) is 5.56 Å². The molecule has 0 radical (unpaired) electrons. The Labute approximate surface area is 166 Å². The zero-order valence-corrected chi connectivity index (χ0v) is 16.3. The monoisotopic (exact) mass is 374 g/mol. The highest BCUT2D eigenvalue weighted by atomic mass is 16.2. The van der Waals surface area contributed by atoms with E-state index in [9.17, 15) is 9.59 Å². The van der Waals surface area contributed by atoms with Crippen LogP contribution in [0.1, 0.15) is 54.8 Å². The molecule has 2 amide bonds. The molecule has 0 bridgehead atoms. The van der Waals surface area contributed by atoms with Crippen LogP contribution < -0.4 is 0 Å². The molecule has 1 atom stereocenters. The van der Waals surface area contributed by atoms with Gasteiger partial charge in [0.2, 0.25) is 11.8 Å². The molecule has 0 aromatic heterocycles. The van der Waals surface area contributed by atoms with Crippen molar-refractivity contribution >= 4 is 17.9 Å². The maximum atomic E-state index is 13.1. The molecule has 1 saturated heterocycles. The molecule has 1 fully saturated rings. The molecule has 28 heavy (non-hydrogen) atoms. The first-order chi connectivity index (χ1) is 13.6. The Morgan fingerprint density at radius 1 is 0.964 bits per heavy atom. The molecule has 2 aliphatic rings. The van der Waals surface area contributed by atoms with Gasteiger partial charge in [-0.3, -0.25) is 9.59 Å². The Balaban J connectivity index is 1.44. The molecular formula is C24H26N2O2. The Hall–Kier alpha value is -2.88. The second-order valence-corrected chi connectivity index (χ2v) is 7.66. The van der Waals surface area contributed by atoms with Crippen LogP contribution in [-0.2, 0) is 9.59 Å². The topological polar surface area (TPSA) is 40.6 Å². The van der Waals surface area contributed by atoms with E-state index in [-0.39, 0.29) is 17.9 Å². The first-order valence-electron chi connectivity index (χ1n) is 10.0. The van der Waals surface area contributed by atoms with E-state index in [0.717, 1.165) is 37.1 Å². The van der Waals surface area contributed by atoms with Gasteiger partial charge in [0.05, 0.1) is 12.5 Å². The lowest BCUT2D eigenvalue weighted by atomic mass is 9.89. The number of fused-ring (bicyclic) bond motifs is 1. The van der Waals surface area contributed by atoms with Gasteiger partial charge in [-0.25, -0.2) is 0 Å². The molecule has 4 rings (SSSR count). The van der Waals surface area contributed by atoms with Gasteiger partial charge >= 0.3 is 0 Å². The third kappa shape index (κ3) is 3.72. The normalized spacial score (nSPS) is 19.4. The number of piperidine rings is 1. The van der Waals surface area contributed by atoms with Gasteiger partial charge in [-0.2, -0.15) is 0 Å². The first-order valence-corrected chi connectivity index (χ1v) is 10.0. The van der Waals surface area contributed by atoms with Crippen molar-refractivity contribution in [3.05, 3.63) is 77.5 Å². The molecule has 4 nitrogen and oxygen atoms in total. The molecule has 0 N–H and O–H groups in total. The summed E-state index contributed by atoms with van der Waals surface area (Å²) in [6.45, 7) is 3.12. The predicted molar refractivity (Wildman–Crippen MR) is 110 cm³/mol. The number of hydrogen-bond donors (Lipinski definition) is 0. The molecule has 4 heteroatoms. The van der Waals surface area contributed by atoms with Crippen LogP contribution in [0, 0.1) is 0 Å². The summed E-state index contributed by atoms with van der Waals surface area (Å²) in [6.07, 6.45) is 6.07. The molecule has 0 aliphatic carbocycles. The number of hydrogen-bond acceptors (Lipinski definition) is 2. The van der Waals surface area contributed by atoms with Gasteiger partial charge in [-0.15, -0.1) is 0 Å². The van der Waals surface area contributed by atoms with Crippen LogP contribution in [0.25, 0.3) is 6.08 Å². The van der Waals surface area contributed by atoms with Gasteiger partial charge in [0.25, 0.3) is 0 Å². The molecule has 2 heterocycles. The minimum Gasteiger partial charge on any atom is -0.343 e. The maximum Gasteiger partial charge on any atom is 0.225 e. The van der Waals surface area contributed by atoms with Crippen LogP contribution in [0.4, 0.5) is 0 Å². The van der Waals surface area contributed by atoms with E-state index in [0.29, 0.717) is 12.3 Å². The van der Waals surface area contributed by atoms with Gasteiger partial charge in [0, 0.05) is 26.2 Å². The summed E-state index contributed by atoms with van der Waals surface area (Å²) >= 11 is 0. The van der Waals surface area contributed by atoms with Gasteiger partial charge in [-0.1, -0.05) is 54.6 Å². The fraction of sp³-hybridized carbons (Fsp3) is 0.333. The lowest BCUT2D eigenvalue weighted by Gasteiger charge is -2.36. The molecule has 2 aromatic rings. The predicted octanol–water partition coefficient (Wildman–Crippen LogP) is 4.36. The Bertz CT molecular complexity index is 882. The van der Waals surface area contributed by atoms with E-state index in [4.69, 9.17) is 0 Å². The van der Waals surface area contributed by atoms with Crippen molar-refractivity contribution in [2.45, 2.75) is 38.1 Å². The number of benzene rings is 2. The van der Waals surface area contributed by atoms with Gasteiger partial charge in [-0.05, 0) is 41.5 Å². The second kappa shape index (κ2) is 8.01. The standard InChI is InChI=1S/C24H26N2O2/c1-18(27)26-16-13-21-9-5-6-10-22(21)23(26)17-24(28)25-14-11-20(12-15-25)19-7-3-2-4-8-19/h2-10,13,16,20,23H,11-12,14-15,17H2,1H3. The van der Waals surface area contributed by atoms with Crippen molar-refractivity contribution in [2.75, 3.05) is 13.1 Å². The molecule has 0 saturated carbocycles. The summed E-state index contributed by atoms with van der Waals surface area (Å²) in [6, 6.07) is 18.3. The Morgan fingerprint density at radius 3 is 2.36 bits per heavy atom. The summed E-state index contributed by atoms with van der Waals surface area (Å²) in [4.78, 5) is 28.8. The number of rotatable bonds is 3. The third-order valence-corrected chi connectivity index (χ3v) is 5.96. The number of carbonyl (C=O) groups excluding carboxylic acids is 2. The molecule has 2 aromatic carbocycles. The van der Waals surface area contributed by atoms with Crippen molar-refractivity contribution < 1.29 is 9.59 Å². The van der Waals surface area contributed by atoms with E-state index in [2.05, 4.69) is 24.3 Å². The summed E-state index contributed by atoms with van der Waals surface area (Å²) in [5.41, 5.74) is 3.50. The van der Waals surface area contributed by atoms with E-state index >= 15 is 0 Å². The smallest absolute Gasteiger partial charge is 0.225 e. The SMILES string of the molecule is CC(=O)N1C=Cc2ccccc2C1CC(=O)N1CCC(c2ccccc2)CC1. The van der Waals surface area contributed by atoms with Crippen LogP contribution in [0.2, 0.25) is 0 Å². The maximum absolute atomic E-state index is 13.1. The van der Waals surface area contributed by atoms with Gasteiger partial charge in [0.15, 0.2) is 0 Å². The highest BCUT2D eigenvalue weighted by molar-refractivity contribution is 5.82. The summed E-state index contributed by atoms with van der Waals surface area (Å²) in [7, 11) is 0. The fourth-order valence-corrected chi connectivity index (χ4v) is 4.40. The number of carbonyl (C=O) groups is 2. The van der Waals surface area contributed by atoms with Crippen LogP contribution in [0.5, 0.6) is 0 Å². The summed E-state index contributed by atoms with van der Waals surface area (Å²) in [5.74, 6) is 0.622. The van der Waals surface area contributed by atoms with Crippen LogP contribution in [0.3, 0.4) is 0 Å². The molecule has 2 aliphatic heterocycles. The summed E-state index contributed by atoms with van der Waals surface area (Å²) < 4.78 is 0. The van der Waals surface area contributed by atoms with Crippen molar-refractivity contribution in [3.8, 4) is 0 Å². The third-order valence-electron chi connectivity index (χ3n) is 5.96. The van der Waals surface area contributed by atoms with Crippen molar-refractivity contribution in [2.24, 2.45) is 0 Å². The van der Waals surface area contributed by atoms with E-state index < -0.39 is 0 Å². The first kappa shape index (κ1) is 18.5. The number of likely N-dealkylation sites (tertiary alicyclic amines) is 1. The largest absolute Gasteiger partial charge is 0.343 e. The van der Waals surface area contributed by atoms with Crippen LogP contribution in [-0.4, -0.2) is 34.7 Å². The minimum atomic E-state index is -0.224. The van der Waals surface area contributed by atoms with E-state index in [1.54, 1.807) is 11.8 Å². The van der Waals surface area contributed by atoms with Crippen molar-refractivity contribution in [1.29, 1.82) is 0 Å². The Morgan fingerprint density at radius 2 is 1.64 bits per heavy atom. The lowest BCUT2D eigenvalue weighted by Crippen LogP contribution is -2.41. The minimum absolute atomic E-state index is 0.0358. The molecule has 0 spiro atoms. The zero-order chi connectivity index (χ0) is 19.5. The zero-order valence-electron chi connectivity index (χ0n) is 16.3. The Kier molecular flexibility index (Phi) is 5.29.